The molecule has 0 heterocycles. The smallest absolute Gasteiger partial charge is 0.258 e. The number of hydrogen-bond acceptors (Lipinski definition) is 2. The predicted octanol–water partition coefficient (Wildman–Crippen LogP) is 4.78. The first-order valence-corrected chi connectivity index (χ1v) is 5.97. The number of nitrogens with zero attached hydrogens (tertiary/aromatic N) is 1. The minimum atomic E-state index is -4.76. The van der Waals surface area contributed by atoms with E-state index >= 15 is 0 Å². The number of halogens is 3. The lowest BCUT2D eigenvalue weighted by molar-refractivity contribution is -0.388. The average Bonchev–Trinajstić information content (AvgIpc) is 2.44. The van der Waals surface area contributed by atoms with Gasteiger partial charge in [0.2, 0.25) is 0 Å². The topological polar surface area (TPSA) is 43.1 Å². The molecular weight excluding hydrogens is 283 g/mol. The summed E-state index contributed by atoms with van der Waals surface area (Å²) >= 11 is 0. The minimum absolute atomic E-state index is 0.0846. The van der Waals surface area contributed by atoms with E-state index in [0.29, 0.717) is 6.07 Å². The molecule has 0 aliphatic carbocycles. The molecule has 0 saturated heterocycles. The molecule has 0 N–H and O–H groups in total. The van der Waals surface area contributed by atoms with Crippen molar-refractivity contribution in [3.05, 3.63) is 75.3 Å². The van der Waals surface area contributed by atoms with Gasteiger partial charge in [0.25, 0.3) is 5.69 Å². The van der Waals surface area contributed by atoms with E-state index in [2.05, 4.69) is 0 Å². The molecule has 0 saturated carbocycles. The highest BCUT2D eigenvalue weighted by Gasteiger charge is 2.39. The van der Waals surface area contributed by atoms with Crippen molar-refractivity contribution in [2.24, 2.45) is 0 Å². The first-order chi connectivity index (χ1) is 9.89. The lowest BCUT2D eigenvalue weighted by Crippen LogP contribution is -2.09. The van der Waals surface area contributed by atoms with Crippen molar-refractivity contribution in [1.82, 2.24) is 0 Å². The van der Waals surface area contributed by atoms with E-state index in [4.69, 9.17) is 0 Å². The zero-order valence-electron chi connectivity index (χ0n) is 10.7. The van der Waals surface area contributed by atoms with Crippen LogP contribution in [0.25, 0.3) is 12.2 Å². The van der Waals surface area contributed by atoms with E-state index in [-0.39, 0.29) is 5.56 Å². The van der Waals surface area contributed by atoms with Crippen LogP contribution in [0.3, 0.4) is 0 Å². The van der Waals surface area contributed by atoms with Crippen LogP contribution in [0, 0.1) is 10.1 Å². The second-order valence-electron chi connectivity index (χ2n) is 4.24. The Bertz CT molecular complexity index is 679. The fourth-order valence-corrected chi connectivity index (χ4v) is 1.88. The van der Waals surface area contributed by atoms with Gasteiger partial charge < -0.3 is 0 Å². The van der Waals surface area contributed by atoms with E-state index in [9.17, 15) is 23.3 Å². The van der Waals surface area contributed by atoms with Crippen LogP contribution in [-0.4, -0.2) is 4.92 Å². The van der Waals surface area contributed by atoms with Crippen molar-refractivity contribution in [3.63, 3.8) is 0 Å². The summed E-state index contributed by atoms with van der Waals surface area (Å²) in [6.45, 7) is 0. The van der Waals surface area contributed by atoms with Gasteiger partial charge in [-0.15, -0.1) is 0 Å². The maximum absolute atomic E-state index is 12.8. The van der Waals surface area contributed by atoms with Gasteiger partial charge in [-0.25, -0.2) is 0 Å². The summed E-state index contributed by atoms with van der Waals surface area (Å²) in [5.41, 5.74) is -1.53. The number of nitro groups is 1. The van der Waals surface area contributed by atoms with Crippen LogP contribution in [0.5, 0.6) is 0 Å². The highest BCUT2D eigenvalue weighted by atomic mass is 19.4. The van der Waals surface area contributed by atoms with Crippen molar-refractivity contribution in [3.8, 4) is 0 Å². The minimum Gasteiger partial charge on any atom is -0.258 e. The van der Waals surface area contributed by atoms with Crippen LogP contribution in [-0.2, 0) is 6.18 Å². The lowest BCUT2D eigenvalue weighted by atomic mass is 10.1. The monoisotopic (exact) mass is 293 g/mol. The third kappa shape index (κ3) is 3.47. The van der Waals surface area contributed by atoms with Crippen LogP contribution in [0.4, 0.5) is 18.9 Å². The van der Waals surface area contributed by atoms with Gasteiger partial charge in [-0.1, -0.05) is 42.5 Å². The molecule has 2 aromatic rings. The Balaban J connectivity index is 2.49. The quantitative estimate of drug-likeness (QED) is 0.464. The van der Waals surface area contributed by atoms with Crippen LogP contribution in [0.1, 0.15) is 16.7 Å². The first kappa shape index (κ1) is 14.8. The Morgan fingerprint density at radius 1 is 0.952 bits per heavy atom. The molecule has 0 spiro atoms. The summed E-state index contributed by atoms with van der Waals surface area (Å²) in [5.74, 6) is 0. The molecule has 0 bridgehead atoms. The molecule has 6 heteroatoms. The molecule has 0 atom stereocenters. The molecular formula is C15H10F3NO2. The van der Waals surface area contributed by atoms with Gasteiger partial charge in [0.05, 0.1) is 10.5 Å². The fourth-order valence-electron chi connectivity index (χ4n) is 1.88. The molecule has 21 heavy (non-hydrogen) atoms. The van der Waals surface area contributed by atoms with Crippen LogP contribution in [0.15, 0.2) is 48.5 Å². The van der Waals surface area contributed by atoms with Gasteiger partial charge in [0.15, 0.2) is 0 Å². The standard InChI is InChI=1S/C15H10F3NO2/c16-15(17,18)13-8-4-7-12(14(13)19(20)21)10-9-11-5-2-1-3-6-11/h1-10H. The van der Waals surface area contributed by atoms with Crippen molar-refractivity contribution in [1.29, 1.82) is 0 Å². The van der Waals surface area contributed by atoms with Crippen LogP contribution in [0.2, 0.25) is 0 Å². The Labute approximate surface area is 118 Å². The first-order valence-electron chi connectivity index (χ1n) is 5.97. The molecule has 0 fully saturated rings. The molecule has 0 amide bonds. The number of alkyl halides is 3. The predicted molar refractivity (Wildman–Crippen MR) is 73.5 cm³/mol. The number of rotatable bonds is 3. The summed E-state index contributed by atoms with van der Waals surface area (Å²) in [7, 11) is 0. The highest BCUT2D eigenvalue weighted by Crippen LogP contribution is 2.38. The van der Waals surface area contributed by atoms with Crippen LogP contribution < -0.4 is 0 Å². The maximum Gasteiger partial charge on any atom is 0.423 e. The normalized spacial score (nSPS) is 11.8. The van der Waals surface area contributed by atoms with Gasteiger partial charge in [-0.05, 0) is 23.8 Å². The third-order valence-corrected chi connectivity index (χ3v) is 2.81. The van der Waals surface area contributed by atoms with E-state index in [1.54, 1.807) is 30.3 Å². The SMILES string of the molecule is O=[N+]([O-])c1c(C=Cc2ccccc2)cccc1C(F)(F)F. The van der Waals surface area contributed by atoms with Gasteiger partial charge in [-0.3, -0.25) is 10.1 Å². The highest BCUT2D eigenvalue weighted by molar-refractivity contribution is 5.75. The molecule has 3 nitrogen and oxygen atoms in total. The Hall–Kier alpha value is -2.63. The summed E-state index contributed by atoms with van der Waals surface area (Å²) in [4.78, 5) is 9.97. The number of benzene rings is 2. The van der Waals surface area contributed by atoms with Crippen molar-refractivity contribution in [2.45, 2.75) is 6.18 Å². The molecule has 2 rings (SSSR count). The molecule has 0 unspecified atom stereocenters. The van der Waals surface area contributed by atoms with Crippen molar-refractivity contribution >= 4 is 17.8 Å². The summed E-state index contributed by atoms with van der Waals surface area (Å²) in [6.07, 6.45) is -1.93. The van der Waals surface area contributed by atoms with Gasteiger partial charge in [-0.2, -0.15) is 13.2 Å². The van der Waals surface area contributed by atoms with E-state index in [0.717, 1.165) is 11.6 Å². The third-order valence-electron chi connectivity index (χ3n) is 2.81. The fraction of sp³-hybridized carbons (Fsp3) is 0.0667. The molecule has 0 aromatic heterocycles. The summed E-state index contributed by atoms with van der Waals surface area (Å²) < 4.78 is 38.5. The Kier molecular flexibility index (Phi) is 4.07. The van der Waals surface area contributed by atoms with Gasteiger partial charge in [0.1, 0.15) is 5.56 Å². The number of hydrogen-bond donors (Lipinski definition) is 0. The van der Waals surface area contributed by atoms with E-state index < -0.39 is 22.4 Å². The molecule has 0 aliphatic rings. The second-order valence-corrected chi connectivity index (χ2v) is 4.24. The average molecular weight is 293 g/mol. The largest absolute Gasteiger partial charge is 0.423 e. The van der Waals surface area contributed by atoms with Crippen molar-refractivity contribution < 1.29 is 18.1 Å². The van der Waals surface area contributed by atoms with E-state index in [1.165, 1.54) is 18.2 Å². The molecule has 108 valence electrons. The zero-order chi connectivity index (χ0) is 15.5. The summed E-state index contributed by atoms with van der Waals surface area (Å²) in [5, 5.41) is 11.0. The van der Waals surface area contributed by atoms with Gasteiger partial charge >= 0.3 is 6.18 Å². The summed E-state index contributed by atoms with van der Waals surface area (Å²) in [6, 6.07) is 12.0. The Morgan fingerprint density at radius 2 is 1.62 bits per heavy atom. The van der Waals surface area contributed by atoms with Crippen molar-refractivity contribution in [2.75, 3.05) is 0 Å². The zero-order valence-corrected chi connectivity index (χ0v) is 10.7. The number of para-hydroxylation sites is 1. The van der Waals surface area contributed by atoms with Gasteiger partial charge in [0, 0.05) is 0 Å². The maximum atomic E-state index is 12.8. The molecule has 0 radical (unpaired) electrons. The molecule has 2 aromatic carbocycles. The second kappa shape index (κ2) is 5.78. The van der Waals surface area contributed by atoms with Crippen LogP contribution >= 0.6 is 0 Å². The Morgan fingerprint density at radius 3 is 2.19 bits per heavy atom. The van der Waals surface area contributed by atoms with E-state index in [1.807, 2.05) is 0 Å². The lowest BCUT2D eigenvalue weighted by Gasteiger charge is -2.08. The number of nitro benzene ring substituents is 1. The molecule has 0 aliphatic heterocycles.